The van der Waals surface area contributed by atoms with E-state index in [1.807, 2.05) is 0 Å². The summed E-state index contributed by atoms with van der Waals surface area (Å²) < 4.78 is 38.3. The van der Waals surface area contributed by atoms with Crippen LogP contribution in [0.5, 0.6) is 0 Å². The molecule has 1 atom stereocenters. The standard InChI is InChI=1S/C14H17F3N2O2/c1-13(21,9-6-7-9)8-18-12(20)19-11-5-3-2-4-10(11)14(15,16)17/h2-5,9,21H,6-8H2,1H3,(H2,18,19,20)/t13-/m0/s1. The first-order valence-corrected chi connectivity index (χ1v) is 6.63. The largest absolute Gasteiger partial charge is 0.418 e. The number of carbonyl (C=O) groups excluding carboxylic acids is 1. The molecule has 0 heterocycles. The van der Waals surface area contributed by atoms with Crippen molar-refractivity contribution in [3.63, 3.8) is 0 Å². The van der Waals surface area contributed by atoms with Crippen LogP contribution in [0.25, 0.3) is 0 Å². The summed E-state index contributed by atoms with van der Waals surface area (Å²) in [7, 11) is 0. The van der Waals surface area contributed by atoms with Gasteiger partial charge in [0.1, 0.15) is 0 Å². The van der Waals surface area contributed by atoms with Crippen LogP contribution in [-0.2, 0) is 6.18 Å². The average molecular weight is 302 g/mol. The summed E-state index contributed by atoms with van der Waals surface area (Å²) in [6.07, 6.45) is -2.75. The number of hydrogen-bond acceptors (Lipinski definition) is 2. The number of nitrogens with one attached hydrogen (secondary N) is 2. The minimum Gasteiger partial charge on any atom is -0.388 e. The van der Waals surface area contributed by atoms with E-state index in [1.54, 1.807) is 6.92 Å². The molecule has 0 unspecified atom stereocenters. The summed E-state index contributed by atoms with van der Waals surface area (Å²) >= 11 is 0. The molecule has 1 aromatic rings. The third kappa shape index (κ3) is 4.10. The van der Waals surface area contributed by atoms with Crippen LogP contribution in [-0.4, -0.2) is 23.3 Å². The normalized spacial score (nSPS) is 18.0. The molecule has 2 rings (SSSR count). The van der Waals surface area contributed by atoms with Crippen molar-refractivity contribution >= 4 is 11.7 Å². The maximum Gasteiger partial charge on any atom is 0.418 e. The van der Waals surface area contributed by atoms with Gasteiger partial charge in [0.25, 0.3) is 0 Å². The number of amides is 2. The summed E-state index contributed by atoms with van der Waals surface area (Å²) in [5.41, 5.74) is -2.25. The molecule has 1 saturated carbocycles. The highest BCUT2D eigenvalue weighted by Crippen LogP contribution is 2.39. The average Bonchev–Trinajstić information content (AvgIpc) is 3.20. The predicted octanol–water partition coefficient (Wildman–Crippen LogP) is 2.99. The number of para-hydroxylation sites is 1. The first-order valence-electron chi connectivity index (χ1n) is 6.63. The molecule has 4 nitrogen and oxygen atoms in total. The fourth-order valence-corrected chi connectivity index (χ4v) is 2.11. The van der Waals surface area contributed by atoms with Crippen molar-refractivity contribution < 1.29 is 23.1 Å². The van der Waals surface area contributed by atoms with Gasteiger partial charge < -0.3 is 15.7 Å². The zero-order valence-corrected chi connectivity index (χ0v) is 11.5. The van der Waals surface area contributed by atoms with Gasteiger partial charge in [-0.2, -0.15) is 13.2 Å². The summed E-state index contributed by atoms with van der Waals surface area (Å²) in [5.74, 6) is 0.139. The van der Waals surface area contributed by atoms with Crippen molar-refractivity contribution in [1.82, 2.24) is 5.32 Å². The van der Waals surface area contributed by atoms with E-state index in [1.165, 1.54) is 18.2 Å². The predicted molar refractivity (Wildman–Crippen MR) is 71.8 cm³/mol. The molecule has 1 fully saturated rings. The number of halogens is 3. The summed E-state index contributed by atoms with van der Waals surface area (Å²) in [6.45, 7) is 1.60. The summed E-state index contributed by atoms with van der Waals surface area (Å²) in [6, 6.07) is 3.97. The maximum atomic E-state index is 12.8. The molecule has 1 aromatic carbocycles. The molecule has 7 heteroatoms. The van der Waals surface area contributed by atoms with Gasteiger partial charge in [0, 0.05) is 6.54 Å². The first-order chi connectivity index (χ1) is 9.70. The maximum absolute atomic E-state index is 12.8. The molecule has 3 N–H and O–H groups in total. The van der Waals surface area contributed by atoms with Gasteiger partial charge in [0.2, 0.25) is 0 Å². The Kier molecular flexibility index (Phi) is 4.13. The molecule has 0 aromatic heterocycles. The van der Waals surface area contributed by atoms with Gasteiger partial charge in [-0.3, -0.25) is 0 Å². The molecular weight excluding hydrogens is 285 g/mol. The second-order valence-electron chi connectivity index (χ2n) is 5.48. The highest BCUT2D eigenvalue weighted by Gasteiger charge is 2.40. The molecule has 2 amide bonds. The van der Waals surface area contributed by atoms with E-state index in [2.05, 4.69) is 10.6 Å². The highest BCUT2D eigenvalue weighted by atomic mass is 19.4. The van der Waals surface area contributed by atoms with Crippen LogP contribution in [0.1, 0.15) is 25.3 Å². The van der Waals surface area contributed by atoms with Crippen molar-refractivity contribution in [2.45, 2.75) is 31.5 Å². The van der Waals surface area contributed by atoms with E-state index < -0.39 is 23.4 Å². The fourth-order valence-electron chi connectivity index (χ4n) is 2.11. The lowest BCUT2D eigenvalue weighted by atomic mass is 10.0. The lowest BCUT2D eigenvalue weighted by molar-refractivity contribution is -0.136. The van der Waals surface area contributed by atoms with Gasteiger partial charge >= 0.3 is 12.2 Å². The van der Waals surface area contributed by atoms with Crippen LogP contribution < -0.4 is 10.6 Å². The molecule has 0 radical (unpaired) electrons. The number of urea groups is 1. The van der Waals surface area contributed by atoms with E-state index in [0.29, 0.717) is 0 Å². The molecule has 1 aliphatic carbocycles. The Labute approximate surface area is 120 Å². The van der Waals surface area contributed by atoms with Gasteiger partial charge in [0.15, 0.2) is 0 Å². The molecular formula is C14H17F3N2O2. The first kappa shape index (κ1) is 15.6. The minimum atomic E-state index is -4.54. The summed E-state index contributed by atoms with van der Waals surface area (Å²) in [4.78, 5) is 11.7. The van der Waals surface area contributed by atoms with Gasteiger partial charge in [-0.1, -0.05) is 12.1 Å². The number of benzene rings is 1. The van der Waals surface area contributed by atoms with Gasteiger partial charge in [-0.25, -0.2) is 4.79 Å². The van der Waals surface area contributed by atoms with Crippen LogP contribution in [0.2, 0.25) is 0 Å². The highest BCUT2D eigenvalue weighted by molar-refractivity contribution is 5.90. The van der Waals surface area contributed by atoms with Crippen molar-refractivity contribution in [3.8, 4) is 0 Å². The van der Waals surface area contributed by atoms with E-state index in [9.17, 15) is 23.1 Å². The molecule has 0 bridgehead atoms. The Morgan fingerprint density at radius 2 is 1.95 bits per heavy atom. The number of rotatable bonds is 4. The van der Waals surface area contributed by atoms with E-state index in [-0.39, 0.29) is 18.2 Å². The van der Waals surface area contributed by atoms with Gasteiger partial charge in [-0.15, -0.1) is 0 Å². The topological polar surface area (TPSA) is 61.4 Å². The van der Waals surface area contributed by atoms with E-state index in [4.69, 9.17) is 0 Å². The van der Waals surface area contributed by atoms with Crippen LogP contribution in [0.3, 0.4) is 0 Å². The Balaban J connectivity index is 1.97. The van der Waals surface area contributed by atoms with Gasteiger partial charge in [0.05, 0.1) is 16.9 Å². The van der Waals surface area contributed by atoms with Crippen molar-refractivity contribution in [1.29, 1.82) is 0 Å². The van der Waals surface area contributed by atoms with Crippen molar-refractivity contribution in [2.24, 2.45) is 5.92 Å². The van der Waals surface area contributed by atoms with Crippen LogP contribution in [0.4, 0.5) is 23.7 Å². The Hall–Kier alpha value is -1.76. The number of hydrogen-bond donors (Lipinski definition) is 3. The molecule has 116 valence electrons. The molecule has 0 aliphatic heterocycles. The van der Waals surface area contributed by atoms with E-state index >= 15 is 0 Å². The zero-order chi connectivity index (χ0) is 15.7. The van der Waals surface area contributed by atoms with Crippen molar-refractivity contribution in [3.05, 3.63) is 29.8 Å². The Morgan fingerprint density at radius 3 is 2.52 bits per heavy atom. The van der Waals surface area contributed by atoms with Crippen LogP contribution >= 0.6 is 0 Å². The molecule has 0 spiro atoms. The molecule has 21 heavy (non-hydrogen) atoms. The quantitative estimate of drug-likeness (QED) is 0.800. The van der Waals surface area contributed by atoms with Crippen LogP contribution in [0, 0.1) is 5.92 Å². The Bertz CT molecular complexity index is 525. The zero-order valence-electron chi connectivity index (χ0n) is 11.5. The lowest BCUT2D eigenvalue weighted by Gasteiger charge is -2.23. The second-order valence-corrected chi connectivity index (χ2v) is 5.48. The SMILES string of the molecule is C[C@](O)(CNC(=O)Nc1ccccc1C(F)(F)F)C1CC1. The van der Waals surface area contributed by atoms with Crippen LogP contribution in [0.15, 0.2) is 24.3 Å². The number of carbonyl (C=O) groups is 1. The third-order valence-corrected chi connectivity index (χ3v) is 3.54. The lowest BCUT2D eigenvalue weighted by Crippen LogP contribution is -2.43. The Morgan fingerprint density at radius 1 is 1.33 bits per heavy atom. The molecule has 1 aliphatic rings. The monoisotopic (exact) mass is 302 g/mol. The smallest absolute Gasteiger partial charge is 0.388 e. The fraction of sp³-hybridized carbons (Fsp3) is 0.500. The molecule has 0 saturated heterocycles. The second kappa shape index (κ2) is 5.55. The van der Waals surface area contributed by atoms with Gasteiger partial charge in [-0.05, 0) is 37.8 Å². The number of anilines is 1. The number of aliphatic hydroxyl groups is 1. The third-order valence-electron chi connectivity index (χ3n) is 3.54. The summed E-state index contributed by atoms with van der Waals surface area (Å²) in [5, 5.41) is 14.6. The minimum absolute atomic E-state index is 0.00230. The number of alkyl halides is 3. The van der Waals surface area contributed by atoms with Crippen molar-refractivity contribution in [2.75, 3.05) is 11.9 Å². The van der Waals surface area contributed by atoms with E-state index in [0.717, 1.165) is 18.9 Å².